The molecule has 1 atom stereocenters. The van der Waals surface area contributed by atoms with E-state index in [1.807, 2.05) is 42.7 Å². The zero-order valence-electron chi connectivity index (χ0n) is 14.3. The molecule has 0 bridgehead atoms. The third-order valence-electron chi connectivity index (χ3n) is 4.59. The Balaban J connectivity index is 1.76. The first-order chi connectivity index (χ1) is 11.5. The minimum atomic E-state index is -3.30. The van der Waals surface area contributed by atoms with Gasteiger partial charge in [-0.3, -0.25) is 0 Å². The second-order valence-electron chi connectivity index (χ2n) is 6.73. The normalized spacial score (nSPS) is 19.7. The van der Waals surface area contributed by atoms with Crippen molar-refractivity contribution in [2.24, 2.45) is 0 Å². The highest BCUT2D eigenvalue weighted by atomic mass is 32.2. The molecule has 0 spiro atoms. The lowest BCUT2D eigenvalue weighted by atomic mass is 9.98. The van der Waals surface area contributed by atoms with Crippen LogP contribution < -0.4 is 0 Å². The molecule has 3 rings (SSSR count). The van der Waals surface area contributed by atoms with Crippen molar-refractivity contribution >= 4 is 10.0 Å². The summed E-state index contributed by atoms with van der Waals surface area (Å²) in [5.74, 6) is 1.24. The number of sulfonamides is 1. The van der Waals surface area contributed by atoms with E-state index < -0.39 is 10.0 Å². The number of piperidine rings is 1. The fourth-order valence-electron chi connectivity index (χ4n) is 3.36. The molecule has 0 amide bonds. The van der Waals surface area contributed by atoms with Crippen LogP contribution in [0, 0.1) is 0 Å². The number of hydrogen-bond acceptors (Lipinski definition) is 3. The van der Waals surface area contributed by atoms with E-state index in [1.54, 1.807) is 4.31 Å². The summed E-state index contributed by atoms with van der Waals surface area (Å²) in [6.07, 6.45) is 5.66. The van der Waals surface area contributed by atoms with Crippen LogP contribution in [0.25, 0.3) is 0 Å². The van der Waals surface area contributed by atoms with Crippen molar-refractivity contribution in [1.82, 2.24) is 13.9 Å². The summed E-state index contributed by atoms with van der Waals surface area (Å²) in [6.45, 7) is 5.38. The van der Waals surface area contributed by atoms with E-state index in [4.69, 9.17) is 0 Å². The molecule has 130 valence electrons. The van der Waals surface area contributed by atoms with Crippen LogP contribution in [0.2, 0.25) is 0 Å². The van der Waals surface area contributed by atoms with Crippen molar-refractivity contribution in [1.29, 1.82) is 0 Å². The number of nitrogens with zero attached hydrogens (tertiary/aromatic N) is 3. The van der Waals surface area contributed by atoms with E-state index >= 15 is 0 Å². The summed E-state index contributed by atoms with van der Waals surface area (Å²) in [5, 5.41) is 0. The zero-order valence-corrected chi connectivity index (χ0v) is 15.1. The minimum absolute atomic E-state index is 0.0686. The Kier molecular flexibility index (Phi) is 5.06. The highest BCUT2D eigenvalue weighted by molar-refractivity contribution is 7.88. The monoisotopic (exact) mass is 347 g/mol. The van der Waals surface area contributed by atoms with Gasteiger partial charge in [0.2, 0.25) is 10.0 Å². The molecule has 5 nitrogen and oxygen atoms in total. The predicted octanol–water partition coefficient (Wildman–Crippen LogP) is 3.17. The topological polar surface area (TPSA) is 55.2 Å². The van der Waals surface area contributed by atoms with Gasteiger partial charge in [0.1, 0.15) is 5.82 Å². The average molecular weight is 347 g/mol. The highest BCUT2D eigenvalue weighted by Gasteiger charge is 2.31. The van der Waals surface area contributed by atoms with E-state index in [-0.39, 0.29) is 11.7 Å². The molecule has 0 radical (unpaired) electrons. The summed E-state index contributed by atoms with van der Waals surface area (Å²) in [7, 11) is -3.30. The van der Waals surface area contributed by atoms with Gasteiger partial charge < -0.3 is 4.57 Å². The van der Waals surface area contributed by atoms with E-state index in [9.17, 15) is 8.42 Å². The van der Waals surface area contributed by atoms with Gasteiger partial charge in [0.25, 0.3) is 0 Å². The molecule has 0 unspecified atom stereocenters. The second kappa shape index (κ2) is 7.07. The lowest BCUT2D eigenvalue weighted by molar-refractivity contribution is 0.302. The van der Waals surface area contributed by atoms with Gasteiger partial charge in [-0.1, -0.05) is 30.3 Å². The molecule has 0 aliphatic carbocycles. The number of benzene rings is 1. The number of rotatable bonds is 5. The van der Waals surface area contributed by atoms with Gasteiger partial charge in [-0.15, -0.1) is 0 Å². The molecule has 1 aliphatic heterocycles. The van der Waals surface area contributed by atoms with Gasteiger partial charge in [-0.25, -0.2) is 17.7 Å². The van der Waals surface area contributed by atoms with Crippen molar-refractivity contribution in [3.05, 3.63) is 54.1 Å². The maximum atomic E-state index is 12.8. The van der Waals surface area contributed by atoms with Gasteiger partial charge >= 0.3 is 0 Å². The van der Waals surface area contributed by atoms with Crippen LogP contribution in [0.3, 0.4) is 0 Å². The Bertz CT molecular complexity index is 769. The average Bonchev–Trinajstić information content (AvgIpc) is 3.05. The molecule has 2 heterocycles. The molecule has 1 aromatic heterocycles. The Hall–Kier alpha value is -1.66. The van der Waals surface area contributed by atoms with Crippen molar-refractivity contribution in [2.75, 3.05) is 13.1 Å². The zero-order chi connectivity index (χ0) is 17.2. The van der Waals surface area contributed by atoms with Crippen molar-refractivity contribution in [3.8, 4) is 0 Å². The fraction of sp³-hybridized carbons (Fsp3) is 0.500. The predicted molar refractivity (Wildman–Crippen MR) is 95.2 cm³/mol. The smallest absolute Gasteiger partial charge is 0.218 e. The number of hydrogen-bond donors (Lipinski definition) is 0. The van der Waals surface area contributed by atoms with Crippen LogP contribution in [-0.2, 0) is 15.8 Å². The molecule has 1 aliphatic rings. The lowest BCUT2D eigenvalue weighted by Crippen LogP contribution is -2.40. The quantitative estimate of drug-likeness (QED) is 0.835. The minimum Gasteiger partial charge on any atom is -0.332 e. The highest BCUT2D eigenvalue weighted by Crippen LogP contribution is 2.29. The van der Waals surface area contributed by atoms with Crippen molar-refractivity contribution in [2.45, 2.75) is 44.4 Å². The van der Waals surface area contributed by atoms with Crippen LogP contribution in [0.5, 0.6) is 0 Å². The van der Waals surface area contributed by atoms with Crippen LogP contribution in [-0.4, -0.2) is 35.4 Å². The maximum absolute atomic E-state index is 12.8. The second-order valence-corrected chi connectivity index (χ2v) is 8.69. The van der Waals surface area contributed by atoms with Crippen LogP contribution >= 0.6 is 0 Å². The van der Waals surface area contributed by atoms with Gasteiger partial charge in [-0.05, 0) is 32.3 Å². The molecular formula is C18H25N3O2S. The Labute approximate surface area is 144 Å². The molecule has 24 heavy (non-hydrogen) atoms. The third kappa shape index (κ3) is 3.70. The van der Waals surface area contributed by atoms with Crippen molar-refractivity contribution < 1.29 is 8.42 Å². The molecule has 6 heteroatoms. The first-order valence-electron chi connectivity index (χ1n) is 8.52. The lowest BCUT2D eigenvalue weighted by Gasteiger charge is -2.32. The SMILES string of the molecule is CC(C)n1ccnc1[C@@H]1CCCN(S(=O)(=O)Cc2ccccc2)C1. The van der Waals surface area contributed by atoms with Crippen LogP contribution in [0.1, 0.15) is 50.0 Å². The van der Waals surface area contributed by atoms with Crippen LogP contribution in [0.15, 0.2) is 42.7 Å². The summed E-state index contributed by atoms with van der Waals surface area (Å²) in [6, 6.07) is 9.72. The summed E-state index contributed by atoms with van der Waals surface area (Å²) in [5.41, 5.74) is 0.836. The maximum Gasteiger partial charge on any atom is 0.218 e. The third-order valence-corrected chi connectivity index (χ3v) is 6.41. The molecule has 2 aromatic rings. The van der Waals surface area contributed by atoms with Crippen molar-refractivity contribution in [3.63, 3.8) is 0 Å². The first kappa shape index (κ1) is 17.2. The van der Waals surface area contributed by atoms with E-state index in [0.717, 1.165) is 24.2 Å². The Morgan fingerprint density at radius 2 is 2.00 bits per heavy atom. The van der Waals surface area contributed by atoms with E-state index in [1.165, 1.54) is 0 Å². The largest absolute Gasteiger partial charge is 0.332 e. The van der Waals surface area contributed by atoms with Gasteiger partial charge in [-0.2, -0.15) is 0 Å². The summed E-state index contributed by atoms with van der Waals surface area (Å²) >= 11 is 0. The number of imidazole rings is 1. The number of aromatic nitrogens is 2. The molecule has 0 saturated carbocycles. The summed E-state index contributed by atoms with van der Waals surface area (Å²) in [4.78, 5) is 4.50. The standard InChI is InChI=1S/C18H25N3O2S/c1-15(2)21-12-10-19-18(21)17-9-6-11-20(13-17)24(22,23)14-16-7-4-3-5-8-16/h3-5,7-8,10,12,15,17H,6,9,11,13-14H2,1-2H3/t17-/m1/s1. The van der Waals surface area contributed by atoms with Gasteiger partial charge in [0, 0.05) is 37.4 Å². The van der Waals surface area contributed by atoms with E-state index in [2.05, 4.69) is 23.4 Å². The molecular weight excluding hydrogens is 322 g/mol. The Morgan fingerprint density at radius 3 is 2.71 bits per heavy atom. The van der Waals surface area contributed by atoms with E-state index in [0.29, 0.717) is 19.1 Å². The Morgan fingerprint density at radius 1 is 1.25 bits per heavy atom. The summed E-state index contributed by atoms with van der Waals surface area (Å²) < 4.78 is 29.4. The fourth-order valence-corrected chi connectivity index (χ4v) is 4.97. The van der Waals surface area contributed by atoms with Gasteiger partial charge in [0.15, 0.2) is 0 Å². The molecule has 0 N–H and O–H groups in total. The molecule has 1 aromatic carbocycles. The molecule has 1 fully saturated rings. The van der Waals surface area contributed by atoms with Gasteiger partial charge in [0.05, 0.1) is 5.75 Å². The molecule has 1 saturated heterocycles. The first-order valence-corrected chi connectivity index (χ1v) is 10.1. The van der Waals surface area contributed by atoms with Crippen LogP contribution in [0.4, 0.5) is 0 Å².